The maximum atomic E-state index is 5.03. The van der Waals surface area contributed by atoms with Gasteiger partial charge in [-0.2, -0.15) is 4.98 Å². The van der Waals surface area contributed by atoms with Crippen LogP contribution in [0.2, 0.25) is 0 Å². The molecule has 0 bridgehead atoms. The van der Waals surface area contributed by atoms with Crippen LogP contribution >= 0.6 is 0 Å². The normalized spacial score (nSPS) is 10.5. The summed E-state index contributed by atoms with van der Waals surface area (Å²) in [6, 6.07) is 11.7. The molecule has 0 radical (unpaired) electrons. The first-order valence-corrected chi connectivity index (χ1v) is 6.98. The largest absolute Gasteiger partial charge is 0.360 e. The van der Waals surface area contributed by atoms with E-state index < -0.39 is 0 Å². The number of rotatable bonds is 4. The molecule has 2 aromatic heterocycles. The molecule has 0 aliphatic carbocycles. The van der Waals surface area contributed by atoms with E-state index >= 15 is 0 Å². The van der Waals surface area contributed by atoms with Crippen molar-refractivity contribution in [1.29, 1.82) is 0 Å². The van der Waals surface area contributed by atoms with Crippen molar-refractivity contribution in [3.05, 3.63) is 53.4 Å². The number of benzene rings is 1. The van der Waals surface area contributed by atoms with E-state index in [1.165, 1.54) is 5.56 Å². The van der Waals surface area contributed by atoms with Crippen LogP contribution in [0.25, 0.3) is 0 Å². The predicted octanol–water partition coefficient (Wildman–Crippen LogP) is 3.88. The van der Waals surface area contributed by atoms with Gasteiger partial charge in [0.2, 0.25) is 5.95 Å². The first kappa shape index (κ1) is 14.1. The number of nitrogens with one attached hydrogen (secondary N) is 2. The van der Waals surface area contributed by atoms with Gasteiger partial charge >= 0.3 is 0 Å². The van der Waals surface area contributed by atoms with Gasteiger partial charge in [0, 0.05) is 23.5 Å². The number of anilines is 4. The van der Waals surface area contributed by atoms with Crippen LogP contribution in [0.15, 0.2) is 40.9 Å². The lowest BCUT2D eigenvalue weighted by atomic mass is 10.2. The van der Waals surface area contributed by atoms with Gasteiger partial charge in [-0.05, 0) is 38.5 Å². The van der Waals surface area contributed by atoms with Crippen LogP contribution in [0.4, 0.5) is 23.3 Å². The fourth-order valence-corrected chi connectivity index (χ4v) is 2.10. The van der Waals surface area contributed by atoms with E-state index in [4.69, 9.17) is 4.52 Å². The van der Waals surface area contributed by atoms with Crippen molar-refractivity contribution < 1.29 is 4.52 Å². The Balaban J connectivity index is 1.83. The molecule has 0 atom stereocenters. The van der Waals surface area contributed by atoms with Crippen molar-refractivity contribution in [2.45, 2.75) is 20.8 Å². The lowest BCUT2D eigenvalue weighted by Crippen LogP contribution is -2.02. The average Bonchev–Trinajstić information content (AvgIpc) is 2.83. The van der Waals surface area contributed by atoms with Gasteiger partial charge in [0.15, 0.2) is 5.82 Å². The summed E-state index contributed by atoms with van der Waals surface area (Å²) in [7, 11) is 0. The highest BCUT2D eigenvalue weighted by Crippen LogP contribution is 2.19. The minimum atomic E-state index is 0.535. The van der Waals surface area contributed by atoms with E-state index in [0.29, 0.717) is 17.6 Å². The monoisotopic (exact) mass is 295 g/mol. The lowest BCUT2D eigenvalue weighted by molar-refractivity contribution is 0.400. The molecule has 3 rings (SSSR count). The van der Waals surface area contributed by atoms with Crippen LogP contribution in [0.3, 0.4) is 0 Å². The molecule has 112 valence electrons. The van der Waals surface area contributed by atoms with Gasteiger partial charge in [0.05, 0.1) is 0 Å². The molecule has 0 spiro atoms. The zero-order chi connectivity index (χ0) is 15.5. The highest BCUT2D eigenvalue weighted by atomic mass is 16.5. The van der Waals surface area contributed by atoms with E-state index in [0.717, 1.165) is 17.1 Å². The average molecular weight is 295 g/mol. The summed E-state index contributed by atoms with van der Waals surface area (Å²) >= 11 is 0. The molecule has 0 fully saturated rings. The van der Waals surface area contributed by atoms with Gasteiger partial charge in [-0.15, -0.1) is 0 Å². The van der Waals surface area contributed by atoms with E-state index in [1.807, 2.05) is 57.2 Å². The predicted molar refractivity (Wildman–Crippen MR) is 85.8 cm³/mol. The van der Waals surface area contributed by atoms with Crippen molar-refractivity contribution >= 4 is 23.3 Å². The lowest BCUT2D eigenvalue weighted by Gasteiger charge is -2.09. The van der Waals surface area contributed by atoms with E-state index in [-0.39, 0.29) is 0 Å². The summed E-state index contributed by atoms with van der Waals surface area (Å²) < 4.78 is 5.03. The molecule has 6 nitrogen and oxygen atoms in total. The first-order chi connectivity index (χ1) is 10.6. The minimum Gasteiger partial charge on any atom is -0.360 e. The van der Waals surface area contributed by atoms with Gasteiger partial charge in [-0.25, -0.2) is 4.98 Å². The van der Waals surface area contributed by atoms with Crippen LogP contribution in [0.5, 0.6) is 0 Å². The van der Waals surface area contributed by atoms with Crippen molar-refractivity contribution in [3.8, 4) is 0 Å². The zero-order valence-corrected chi connectivity index (χ0v) is 12.7. The Hall–Kier alpha value is -2.89. The van der Waals surface area contributed by atoms with Gasteiger partial charge in [0.25, 0.3) is 0 Å². The maximum absolute atomic E-state index is 5.03. The Morgan fingerprint density at radius 3 is 2.50 bits per heavy atom. The van der Waals surface area contributed by atoms with Crippen LogP contribution < -0.4 is 10.6 Å². The molecule has 2 N–H and O–H groups in total. The molecule has 2 heterocycles. The molecule has 0 unspecified atom stereocenters. The topological polar surface area (TPSA) is 75.9 Å². The van der Waals surface area contributed by atoms with Crippen molar-refractivity contribution in [1.82, 2.24) is 15.1 Å². The smallest absolute Gasteiger partial charge is 0.229 e. The standard InChI is InChI=1S/C16H17N5O/c1-10-5-4-6-13(7-10)18-16-17-11(2)8-14(20-16)19-15-9-12(3)22-21-15/h4-9H,1-3H3,(H2,17,18,19,20,21). The Morgan fingerprint density at radius 1 is 0.909 bits per heavy atom. The van der Waals surface area contributed by atoms with Crippen molar-refractivity contribution in [3.63, 3.8) is 0 Å². The molecule has 0 aliphatic rings. The zero-order valence-electron chi connectivity index (χ0n) is 12.7. The van der Waals surface area contributed by atoms with E-state index in [2.05, 4.69) is 25.8 Å². The molecule has 1 aromatic carbocycles. The van der Waals surface area contributed by atoms with Gasteiger partial charge in [-0.3, -0.25) is 0 Å². The molecule has 0 saturated carbocycles. The van der Waals surface area contributed by atoms with Gasteiger partial charge < -0.3 is 15.2 Å². The highest BCUT2D eigenvalue weighted by molar-refractivity contribution is 5.58. The molecular formula is C16H17N5O. The number of hydrogen-bond acceptors (Lipinski definition) is 6. The van der Waals surface area contributed by atoms with Crippen LogP contribution in [-0.4, -0.2) is 15.1 Å². The summed E-state index contributed by atoms with van der Waals surface area (Å²) in [6.45, 7) is 5.80. The van der Waals surface area contributed by atoms with Gasteiger partial charge in [-0.1, -0.05) is 17.3 Å². The third kappa shape index (κ3) is 3.41. The molecular weight excluding hydrogens is 278 g/mol. The second-order valence-electron chi connectivity index (χ2n) is 5.16. The van der Waals surface area contributed by atoms with Crippen LogP contribution in [0, 0.1) is 20.8 Å². The Bertz CT molecular complexity index is 797. The number of nitrogens with zero attached hydrogens (tertiary/aromatic N) is 3. The fourth-order valence-electron chi connectivity index (χ4n) is 2.10. The molecule has 0 amide bonds. The summed E-state index contributed by atoms with van der Waals surface area (Å²) in [5.41, 5.74) is 2.98. The minimum absolute atomic E-state index is 0.535. The molecule has 0 aliphatic heterocycles. The summed E-state index contributed by atoms with van der Waals surface area (Å²) in [5.74, 6) is 2.56. The maximum Gasteiger partial charge on any atom is 0.229 e. The third-order valence-corrected chi connectivity index (χ3v) is 3.01. The quantitative estimate of drug-likeness (QED) is 0.760. The molecule has 22 heavy (non-hydrogen) atoms. The van der Waals surface area contributed by atoms with Crippen LogP contribution in [-0.2, 0) is 0 Å². The highest BCUT2D eigenvalue weighted by Gasteiger charge is 2.06. The Kier molecular flexibility index (Phi) is 3.74. The van der Waals surface area contributed by atoms with E-state index in [9.17, 15) is 0 Å². The fraction of sp³-hybridized carbons (Fsp3) is 0.188. The summed E-state index contributed by atoms with van der Waals surface area (Å²) in [6.07, 6.45) is 0. The van der Waals surface area contributed by atoms with Crippen LogP contribution in [0.1, 0.15) is 17.0 Å². The first-order valence-electron chi connectivity index (χ1n) is 6.98. The molecule has 3 aromatic rings. The second kappa shape index (κ2) is 5.85. The molecule has 0 saturated heterocycles. The Labute approximate surface area is 128 Å². The summed E-state index contributed by atoms with van der Waals surface area (Å²) in [5, 5.41) is 10.2. The number of hydrogen-bond donors (Lipinski definition) is 2. The third-order valence-electron chi connectivity index (χ3n) is 3.01. The van der Waals surface area contributed by atoms with Crippen molar-refractivity contribution in [2.75, 3.05) is 10.6 Å². The van der Waals surface area contributed by atoms with E-state index in [1.54, 1.807) is 0 Å². The SMILES string of the molecule is Cc1cccc(Nc2nc(C)cc(Nc3cc(C)on3)n2)c1. The van der Waals surface area contributed by atoms with Gasteiger partial charge in [0.1, 0.15) is 11.6 Å². The summed E-state index contributed by atoms with van der Waals surface area (Å²) in [4.78, 5) is 8.85. The molecule has 6 heteroatoms. The number of aryl methyl sites for hydroxylation is 3. The van der Waals surface area contributed by atoms with Crippen molar-refractivity contribution in [2.24, 2.45) is 0 Å². The Morgan fingerprint density at radius 2 is 1.77 bits per heavy atom. The second-order valence-corrected chi connectivity index (χ2v) is 5.16. The number of aromatic nitrogens is 3.